The molecule has 0 aliphatic carbocycles. The normalized spacial score (nSPS) is 18.7. The lowest BCUT2D eigenvalue weighted by Crippen LogP contribution is -2.55. The van der Waals surface area contributed by atoms with Crippen molar-refractivity contribution in [1.29, 1.82) is 0 Å². The minimum absolute atomic E-state index is 0.138. The number of ether oxygens (including phenoxy) is 1. The van der Waals surface area contributed by atoms with Gasteiger partial charge in [0.25, 0.3) is 11.8 Å². The first-order valence-corrected chi connectivity index (χ1v) is 10.4. The largest absolute Gasteiger partial charge is 0.383 e. The highest BCUT2D eigenvalue weighted by Gasteiger charge is 2.39. The van der Waals surface area contributed by atoms with Crippen molar-refractivity contribution in [2.45, 2.75) is 18.8 Å². The number of morpholine rings is 1. The predicted molar refractivity (Wildman–Crippen MR) is 122 cm³/mol. The van der Waals surface area contributed by atoms with Gasteiger partial charge in [0, 0.05) is 29.5 Å². The van der Waals surface area contributed by atoms with Crippen molar-refractivity contribution in [2.24, 2.45) is 10.7 Å². The summed E-state index contributed by atoms with van der Waals surface area (Å²) < 4.78 is 5.46. The molecule has 5 rings (SSSR count). The monoisotopic (exact) mass is 447 g/mol. The highest BCUT2D eigenvalue weighted by atomic mass is 16.5. The number of aliphatic imine (C=N–C) groups is 1. The number of hydrogen-bond acceptors (Lipinski definition) is 7. The van der Waals surface area contributed by atoms with Crippen molar-refractivity contribution >= 4 is 39.9 Å². The molecule has 0 bridgehead atoms. The van der Waals surface area contributed by atoms with Crippen LogP contribution in [0.3, 0.4) is 0 Å². The summed E-state index contributed by atoms with van der Waals surface area (Å²) in [6, 6.07) is 13.5. The standard InChI is InChI=1S/C23H21N5O5/c24-21-16-5-3-14(9-13(16)11-25-21)26-22(31)19(30)20-23(32)28(7-8-33-20)15-4-1-12-2-6-18(29)27-17(12)10-15/h1-6,9-10,19-20,30H,7-8,11H2,(H2,24,25)(H,26,31)(H,27,29)/t19-,20?/m1/s1. The molecule has 1 saturated heterocycles. The number of carbonyl (C=O) groups is 2. The Hall–Kier alpha value is -4.02. The van der Waals surface area contributed by atoms with Crippen LogP contribution in [-0.2, 0) is 20.9 Å². The number of aromatic amines is 1. The Balaban J connectivity index is 1.32. The molecule has 10 heteroatoms. The molecule has 0 radical (unpaired) electrons. The summed E-state index contributed by atoms with van der Waals surface area (Å²) in [4.78, 5) is 45.7. The van der Waals surface area contributed by atoms with Gasteiger partial charge in [-0.05, 0) is 47.3 Å². The second-order valence-electron chi connectivity index (χ2n) is 7.88. The van der Waals surface area contributed by atoms with Crippen molar-refractivity contribution in [2.75, 3.05) is 23.4 Å². The molecule has 0 saturated carbocycles. The van der Waals surface area contributed by atoms with Gasteiger partial charge in [0.05, 0.1) is 18.7 Å². The lowest BCUT2D eigenvalue weighted by atomic mass is 10.1. The van der Waals surface area contributed by atoms with Gasteiger partial charge in [-0.15, -0.1) is 0 Å². The maximum Gasteiger partial charge on any atom is 0.259 e. The number of amidine groups is 1. The van der Waals surface area contributed by atoms with Gasteiger partial charge in [0.2, 0.25) is 5.56 Å². The number of aromatic nitrogens is 1. The first kappa shape index (κ1) is 20.9. The number of fused-ring (bicyclic) bond motifs is 2. The van der Waals surface area contributed by atoms with Gasteiger partial charge in [-0.25, -0.2) is 0 Å². The number of anilines is 2. The van der Waals surface area contributed by atoms with E-state index in [1.54, 1.807) is 42.5 Å². The first-order chi connectivity index (χ1) is 15.9. The third kappa shape index (κ3) is 3.86. The number of rotatable bonds is 4. The van der Waals surface area contributed by atoms with E-state index in [0.29, 0.717) is 29.3 Å². The molecular formula is C23H21N5O5. The van der Waals surface area contributed by atoms with E-state index in [2.05, 4.69) is 15.3 Å². The quantitative estimate of drug-likeness (QED) is 0.457. The molecule has 2 aliphatic rings. The molecule has 2 aliphatic heterocycles. The number of nitrogens with one attached hydrogen (secondary N) is 2. The first-order valence-electron chi connectivity index (χ1n) is 10.4. The van der Waals surface area contributed by atoms with Crippen molar-refractivity contribution in [3.05, 3.63) is 70.0 Å². The number of aliphatic hydroxyl groups excluding tert-OH is 1. The van der Waals surface area contributed by atoms with Gasteiger partial charge >= 0.3 is 0 Å². The molecule has 5 N–H and O–H groups in total. The minimum atomic E-state index is -1.71. The van der Waals surface area contributed by atoms with Crippen LogP contribution >= 0.6 is 0 Å². The lowest BCUT2D eigenvalue weighted by molar-refractivity contribution is -0.150. The molecule has 3 heterocycles. The molecular weight excluding hydrogens is 426 g/mol. The highest BCUT2D eigenvalue weighted by molar-refractivity contribution is 6.05. The third-order valence-corrected chi connectivity index (χ3v) is 5.77. The minimum Gasteiger partial charge on any atom is -0.383 e. The Morgan fingerprint density at radius 2 is 2.03 bits per heavy atom. The average Bonchev–Trinajstić information content (AvgIpc) is 3.18. The van der Waals surface area contributed by atoms with Crippen LogP contribution in [0.1, 0.15) is 11.1 Å². The van der Waals surface area contributed by atoms with Crippen LogP contribution in [0, 0.1) is 0 Å². The summed E-state index contributed by atoms with van der Waals surface area (Å²) >= 11 is 0. The maximum absolute atomic E-state index is 13.1. The van der Waals surface area contributed by atoms with E-state index in [9.17, 15) is 19.5 Å². The second kappa shape index (κ2) is 8.15. The number of nitrogens with two attached hydrogens (primary N) is 1. The Kier molecular flexibility index (Phi) is 5.15. The number of H-pyrrole nitrogens is 1. The average molecular weight is 447 g/mol. The smallest absolute Gasteiger partial charge is 0.259 e. The zero-order valence-electron chi connectivity index (χ0n) is 17.4. The Morgan fingerprint density at radius 1 is 1.21 bits per heavy atom. The van der Waals surface area contributed by atoms with Crippen LogP contribution in [0.25, 0.3) is 10.9 Å². The fourth-order valence-electron chi connectivity index (χ4n) is 4.06. The number of nitrogens with zero attached hydrogens (tertiary/aromatic N) is 2. The van der Waals surface area contributed by atoms with Crippen molar-refractivity contribution < 1.29 is 19.4 Å². The molecule has 0 spiro atoms. The van der Waals surface area contributed by atoms with Crippen LogP contribution in [0.4, 0.5) is 11.4 Å². The number of pyridine rings is 1. The number of amides is 2. The summed E-state index contributed by atoms with van der Waals surface area (Å²) in [6.45, 7) is 0.807. The van der Waals surface area contributed by atoms with E-state index in [0.717, 1.165) is 16.5 Å². The number of hydrogen-bond donors (Lipinski definition) is 4. The molecule has 2 atom stereocenters. The molecule has 1 fully saturated rings. The van der Waals surface area contributed by atoms with E-state index < -0.39 is 24.0 Å². The molecule has 168 valence electrons. The van der Waals surface area contributed by atoms with E-state index >= 15 is 0 Å². The van der Waals surface area contributed by atoms with Crippen molar-refractivity contribution in [1.82, 2.24) is 4.98 Å². The molecule has 2 amide bonds. The summed E-state index contributed by atoms with van der Waals surface area (Å²) in [6.07, 6.45) is -3.08. The summed E-state index contributed by atoms with van der Waals surface area (Å²) in [5, 5.41) is 14.0. The molecule has 1 unspecified atom stereocenters. The van der Waals surface area contributed by atoms with Crippen LogP contribution in [0.2, 0.25) is 0 Å². The van der Waals surface area contributed by atoms with E-state index in [-0.39, 0.29) is 18.7 Å². The highest BCUT2D eigenvalue weighted by Crippen LogP contribution is 2.25. The van der Waals surface area contributed by atoms with Gasteiger partial charge in [-0.3, -0.25) is 19.4 Å². The fraction of sp³-hybridized carbons (Fsp3) is 0.217. The zero-order valence-corrected chi connectivity index (χ0v) is 17.4. The van der Waals surface area contributed by atoms with Crippen LogP contribution in [-0.4, -0.2) is 53.1 Å². The zero-order chi connectivity index (χ0) is 23.1. The molecule has 1 aromatic heterocycles. The molecule has 33 heavy (non-hydrogen) atoms. The van der Waals surface area contributed by atoms with Gasteiger partial charge in [0.1, 0.15) is 5.84 Å². The maximum atomic E-state index is 13.1. The van der Waals surface area contributed by atoms with Gasteiger partial charge in [-0.1, -0.05) is 6.07 Å². The Morgan fingerprint density at radius 3 is 2.88 bits per heavy atom. The van der Waals surface area contributed by atoms with Crippen molar-refractivity contribution in [3.8, 4) is 0 Å². The van der Waals surface area contributed by atoms with Crippen LogP contribution < -0.4 is 21.5 Å². The summed E-state index contributed by atoms with van der Waals surface area (Å²) in [5.41, 5.74) is 8.80. The van der Waals surface area contributed by atoms with E-state index in [1.165, 1.54) is 11.0 Å². The molecule has 3 aromatic rings. The van der Waals surface area contributed by atoms with Crippen LogP contribution in [0.5, 0.6) is 0 Å². The third-order valence-electron chi connectivity index (χ3n) is 5.77. The molecule has 2 aromatic carbocycles. The Labute approximate surface area is 187 Å². The summed E-state index contributed by atoms with van der Waals surface area (Å²) in [7, 11) is 0. The number of carbonyl (C=O) groups excluding carboxylic acids is 2. The van der Waals surface area contributed by atoms with E-state index in [1.807, 2.05) is 0 Å². The van der Waals surface area contributed by atoms with E-state index in [4.69, 9.17) is 10.5 Å². The summed E-state index contributed by atoms with van der Waals surface area (Å²) in [5.74, 6) is -0.858. The number of benzene rings is 2. The molecule has 10 nitrogen and oxygen atoms in total. The number of aliphatic hydroxyl groups is 1. The van der Waals surface area contributed by atoms with Gasteiger partial charge in [-0.2, -0.15) is 0 Å². The van der Waals surface area contributed by atoms with Crippen molar-refractivity contribution in [3.63, 3.8) is 0 Å². The lowest BCUT2D eigenvalue weighted by Gasteiger charge is -2.34. The van der Waals surface area contributed by atoms with Gasteiger partial charge < -0.3 is 30.8 Å². The Bertz CT molecular complexity index is 1360. The fourth-order valence-corrected chi connectivity index (χ4v) is 4.06. The predicted octanol–water partition coefficient (Wildman–Crippen LogP) is 0.478. The van der Waals surface area contributed by atoms with Gasteiger partial charge in [0.15, 0.2) is 12.2 Å². The second-order valence-corrected chi connectivity index (χ2v) is 7.88. The van der Waals surface area contributed by atoms with Crippen LogP contribution in [0.15, 0.2) is 58.3 Å². The SMILES string of the molecule is NC1=NCc2cc(NC(=O)[C@H](O)C3OCCN(c4ccc5ccc(=O)[nH]c5c4)C3=O)ccc21. The topological polar surface area (TPSA) is 150 Å².